The SMILES string of the molecule is CSCCC(N)C(=O)Nc1ccccc1. The molecule has 15 heavy (non-hydrogen) atoms. The average Bonchev–Trinajstić information content (AvgIpc) is 2.27. The summed E-state index contributed by atoms with van der Waals surface area (Å²) in [5, 5.41) is 2.78. The Hall–Kier alpha value is -1.00. The predicted octanol–water partition coefficient (Wildman–Crippen LogP) is 1.71. The van der Waals surface area contributed by atoms with Crippen molar-refractivity contribution in [2.45, 2.75) is 12.5 Å². The molecule has 0 heterocycles. The van der Waals surface area contributed by atoms with Gasteiger partial charge in [0.2, 0.25) is 5.91 Å². The molecule has 3 N–H and O–H groups in total. The molecular formula is C11H16N2OS. The van der Waals surface area contributed by atoms with Crippen molar-refractivity contribution >= 4 is 23.4 Å². The van der Waals surface area contributed by atoms with E-state index in [9.17, 15) is 4.79 Å². The van der Waals surface area contributed by atoms with Crippen LogP contribution in [0.3, 0.4) is 0 Å². The van der Waals surface area contributed by atoms with Crippen LogP contribution in [-0.2, 0) is 4.79 Å². The minimum atomic E-state index is -0.419. The summed E-state index contributed by atoms with van der Waals surface area (Å²) in [5.41, 5.74) is 6.52. The van der Waals surface area contributed by atoms with E-state index in [1.165, 1.54) is 0 Å². The van der Waals surface area contributed by atoms with Gasteiger partial charge < -0.3 is 11.1 Å². The van der Waals surface area contributed by atoms with E-state index in [1.807, 2.05) is 36.6 Å². The Balaban J connectivity index is 2.42. The molecule has 0 bridgehead atoms. The minimum Gasteiger partial charge on any atom is -0.325 e. The smallest absolute Gasteiger partial charge is 0.241 e. The fraction of sp³-hybridized carbons (Fsp3) is 0.364. The van der Waals surface area contributed by atoms with Gasteiger partial charge in [0.25, 0.3) is 0 Å². The lowest BCUT2D eigenvalue weighted by Crippen LogP contribution is -2.36. The number of carbonyl (C=O) groups excluding carboxylic acids is 1. The summed E-state index contributed by atoms with van der Waals surface area (Å²) in [6.45, 7) is 0. The van der Waals surface area contributed by atoms with Gasteiger partial charge in [0, 0.05) is 5.69 Å². The van der Waals surface area contributed by atoms with Crippen molar-refractivity contribution in [1.29, 1.82) is 0 Å². The van der Waals surface area contributed by atoms with Gasteiger partial charge in [0.1, 0.15) is 0 Å². The summed E-state index contributed by atoms with van der Waals surface area (Å²) in [6, 6.07) is 8.94. The maximum atomic E-state index is 11.6. The van der Waals surface area contributed by atoms with Gasteiger partial charge in [-0.05, 0) is 30.6 Å². The highest BCUT2D eigenvalue weighted by molar-refractivity contribution is 7.98. The van der Waals surface area contributed by atoms with E-state index in [1.54, 1.807) is 11.8 Å². The second-order valence-corrected chi connectivity index (χ2v) is 4.23. The van der Waals surface area contributed by atoms with Crippen LogP contribution in [0.1, 0.15) is 6.42 Å². The number of hydrogen-bond donors (Lipinski definition) is 2. The Kier molecular flexibility index (Phi) is 5.21. The van der Waals surface area contributed by atoms with Gasteiger partial charge in [0.15, 0.2) is 0 Å². The van der Waals surface area contributed by atoms with Crippen molar-refractivity contribution in [3.05, 3.63) is 30.3 Å². The first-order valence-electron chi connectivity index (χ1n) is 4.84. The summed E-state index contributed by atoms with van der Waals surface area (Å²) >= 11 is 1.69. The zero-order chi connectivity index (χ0) is 11.1. The highest BCUT2D eigenvalue weighted by Gasteiger charge is 2.12. The molecule has 0 saturated carbocycles. The van der Waals surface area contributed by atoms with Crippen molar-refractivity contribution in [1.82, 2.24) is 0 Å². The summed E-state index contributed by atoms with van der Waals surface area (Å²) in [6.07, 6.45) is 2.71. The minimum absolute atomic E-state index is 0.116. The molecule has 0 radical (unpaired) electrons. The van der Waals surface area contributed by atoms with E-state index in [-0.39, 0.29) is 5.91 Å². The molecule has 0 aliphatic heterocycles. The van der Waals surface area contributed by atoms with Gasteiger partial charge in [-0.15, -0.1) is 0 Å². The largest absolute Gasteiger partial charge is 0.325 e. The number of hydrogen-bond acceptors (Lipinski definition) is 3. The second-order valence-electron chi connectivity index (χ2n) is 3.24. The van der Waals surface area contributed by atoms with Crippen LogP contribution >= 0.6 is 11.8 Å². The molecule has 0 spiro atoms. The van der Waals surface area contributed by atoms with Crippen LogP contribution in [-0.4, -0.2) is 24.0 Å². The quantitative estimate of drug-likeness (QED) is 0.800. The zero-order valence-corrected chi connectivity index (χ0v) is 9.59. The lowest BCUT2D eigenvalue weighted by molar-refractivity contribution is -0.117. The van der Waals surface area contributed by atoms with E-state index < -0.39 is 6.04 Å². The number of nitrogens with one attached hydrogen (secondary N) is 1. The summed E-state index contributed by atoms with van der Waals surface area (Å²) in [7, 11) is 0. The first-order chi connectivity index (χ1) is 7.24. The van der Waals surface area contributed by atoms with Gasteiger partial charge in [0.05, 0.1) is 6.04 Å². The Morgan fingerprint density at radius 1 is 1.47 bits per heavy atom. The summed E-state index contributed by atoms with van der Waals surface area (Å²) < 4.78 is 0. The van der Waals surface area contributed by atoms with Crippen molar-refractivity contribution < 1.29 is 4.79 Å². The molecule has 1 unspecified atom stereocenters. The van der Waals surface area contributed by atoms with Crippen molar-refractivity contribution in [3.63, 3.8) is 0 Å². The predicted molar refractivity (Wildman–Crippen MR) is 66.0 cm³/mol. The van der Waals surface area contributed by atoms with Crippen molar-refractivity contribution in [2.24, 2.45) is 5.73 Å². The third-order valence-corrected chi connectivity index (χ3v) is 2.66. The second kappa shape index (κ2) is 6.48. The van der Waals surface area contributed by atoms with E-state index in [0.29, 0.717) is 6.42 Å². The van der Waals surface area contributed by atoms with Gasteiger partial charge in [-0.25, -0.2) is 0 Å². The molecule has 4 heteroatoms. The molecule has 0 saturated heterocycles. The average molecular weight is 224 g/mol. The summed E-state index contributed by atoms with van der Waals surface area (Å²) in [5.74, 6) is 0.791. The molecule has 0 aromatic heterocycles. The number of para-hydroxylation sites is 1. The van der Waals surface area contributed by atoms with E-state index in [0.717, 1.165) is 11.4 Å². The van der Waals surface area contributed by atoms with Gasteiger partial charge >= 0.3 is 0 Å². The lowest BCUT2D eigenvalue weighted by Gasteiger charge is -2.11. The summed E-state index contributed by atoms with van der Waals surface area (Å²) in [4.78, 5) is 11.6. The topological polar surface area (TPSA) is 55.1 Å². The number of carbonyl (C=O) groups is 1. The van der Waals surface area contributed by atoms with Crippen LogP contribution in [0.4, 0.5) is 5.69 Å². The normalized spacial score (nSPS) is 12.1. The van der Waals surface area contributed by atoms with Crippen molar-refractivity contribution in [3.8, 4) is 0 Å². The Morgan fingerprint density at radius 3 is 2.73 bits per heavy atom. The third kappa shape index (κ3) is 4.36. The van der Waals surface area contributed by atoms with Crippen LogP contribution in [0.25, 0.3) is 0 Å². The van der Waals surface area contributed by atoms with Gasteiger partial charge in [-0.2, -0.15) is 11.8 Å². The van der Waals surface area contributed by atoms with Gasteiger partial charge in [-0.3, -0.25) is 4.79 Å². The molecule has 1 aromatic rings. The Bertz CT molecular complexity index is 303. The standard InChI is InChI=1S/C11H16N2OS/c1-15-8-7-10(12)11(14)13-9-5-3-2-4-6-9/h2-6,10H,7-8,12H2,1H3,(H,13,14). The van der Waals surface area contributed by atoms with Crippen LogP contribution in [0.2, 0.25) is 0 Å². The van der Waals surface area contributed by atoms with Gasteiger partial charge in [-0.1, -0.05) is 18.2 Å². The number of rotatable bonds is 5. The van der Waals surface area contributed by atoms with E-state index >= 15 is 0 Å². The zero-order valence-electron chi connectivity index (χ0n) is 8.77. The van der Waals surface area contributed by atoms with Crippen LogP contribution in [0, 0.1) is 0 Å². The lowest BCUT2D eigenvalue weighted by atomic mass is 10.2. The molecule has 0 fully saturated rings. The van der Waals surface area contributed by atoms with Crippen LogP contribution < -0.4 is 11.1 Å². The molecule has 1 atom stereocenters. The highest BCUT2D eigenvalue weighted by Crippen LogP contribution is 2.06. The number of nitrogens with two attached hydrogens (primary N) is 1. The molecule has 82 valence electrons. The van der Waals surface area contributed by atoms with Crippen LogP contribution in [0.5, 0.6) is 0 Å². The maximum absolute atomic E-state index is 11.6. The fourth-order valence-corrected chi connectivity index (χ4v) is 1.62. The molecule has 1 rings (SSSR count). The number of thioether (sulfide) groups is 1. The fourth-order valence-electron chi connectivity index (χ4n) is 1.13. The Morgan fingerprint density at radius 2 is 2.13 bits per heavy atom. The molecule has 1 amide bonds. The van der Waals surface area contributed by atoms with Crippen molar-refractivity contribution in [2.75, 3.05) is 17.3 Å². The molecule has 0 aliphatic carbocycles. The Labute approximate surface area is 94.4 Å². The van der Waals surface area contributed by atoms with E-state index in [2.05, 4.69) is 5.32 Å². The number of amides is 1. The van der Waals surface area contributed by atoms with Crippen LogP contribution in [0.15, 0.2) is 30.3 Å². The molecule has 0 aliphatic rings. The monoisotopic (exact) mass is 224 g/mol. The first kappa shape index (κ1) is 12.1. The third-order valence-electron chi connectivity index (χ3n) is 2.01. The number of anilines is 1. The van der Waals surface area contributed by atoms with E-state index in [4.69, 9.17) is 5.73 Å². The maximum Gasteiger partial charge on any atom is 0.241 e. The molecule has 3 nitrogen and oxygen atoms in total. The number of benzene rings is 1. The highest BCUT2D eigenvalue weighted by atomic mass is 32.2. The molecular weight excluding hydrogens is 208 g/mol. The molecule has 1 aromatic carbocycles. The first-order valence-corrected chi connectivity index (χ1v) is 6.24.